The third kappa shape index (κ3) is 4.73. The van der Waals surface area contributed by atoms with E-state index in [1.54, 1.807) is 0 Å². The Bertz CT molecular complexity index is 2860. The number of fused-ring (bicyclic) bond motifs is 12. The summed E-state index contributed by atoms with van der Waals surface area (Å²) in [6.45, 7) is 0. The predicted octanol–water partition coefficient (Wildman–Crippen LogP) is 12.6. The summed E-state index contributed by atoms with van der Waals surface area (Å²) in [6.07, 6.45) is 0. The van der Waals surface area contributed by atoms with Gasteiger partial charge in [-0.1, -0.05) is 194 Å². The molecule has 256 valence electrons. The molecule has 3 nitrogen and oxygen atoms in total. The van der Waals surface area contributed by atoms with Crippen LogP contribution in [0.2, 0.25) is 0 Å². The molecule has 2 aliphatic carbocycles. The van der Waals surface area contributed by atoms with Gasteiger partial charge >= 0.3 is 0 Å². The van der Waals surface area contributed by atoms with Crippen molar-refractivity contribution in [3.63, 3.8) is 0 Å². The lowest BCUT2D eigenvalue weighted by Crippen LogP contribution is -2.29. The number of nitrogens with zero attached hydrogens (tertiary/aromatic N) is 3. The standard InChI is InChI=1S/C52H33N3/c1-3-17-34(18-4-1)37-21-7-10-27-44(37)51-54-49(35-19-5-2-6-20-35)53-50(55-51)36-31-32-43-42-26-13-16-30-47(42)52(48(43)33-36)45-28-14-11-24-40(45)38-22-8-9-23-39(38)41-25-12-15-29-46(41)52/h1-33H. The Labute approximate surface area is 320 Å². The molecule has 11 rings (SSSR count). The smallest absolute Gasteiger partial charge is 0.164 e. The molecule has 3 heteroatoms. The summed E-state index contributed by atoms with van der Waals surface area (Å²) >= 11 is 0. The van der Waals surface area contributed by atoms with E-state index in [0.29, 0.717) is 17.5 Å². The fourth-order valence-corrected chi connectivity index (χ4v) is 9.08. The molecule has 0 saturated heterocycles. The van der Waals surface area contributed by atoms with E-state index in [1.165, 1.54) is 55.6 Å². The minimum Gasteiger partial charge on any atom is -0.208 e. The van der Waals surface area contributed by atoms with Gasteiger partial charge in [0.15, 0.2) is 17.5 Å². The van der Waals surface area contributed by atoms with Gasteiger partial charge in [-0.2, -0.15) is 0 Å². The molecule has 55 heavy (non-hydrogen) atoms. The van der Waals surface area contributed by atoms with Crippen LogP contribution in [0.1, 0.15) is 22.3 Å². The van der Waals surface area contributed by atoms with E-state index in [4.69, 9.17) is 15.0 Å². The van der Waals surface area contributed by atoms with Gasteiger partial charge in [0.1, 0.15) is 0 Å². The Morgan fingerprint density at radius 1 is 0.236 bits per heavy atom. The van der Waals surface area contributed by atoms with Crippen molar-refractivity contribution in [1.29, 1.82) is 0 Å². The van der Waals surface area contributed by atoms with Gasteiger partial charge in [-0.3, -0.25) is 0 Å². The van der Waals surface area contributed by atoms with Crippen LogP contribution < -0.4 is 0 Å². The fourth-order valence-electron chi connectivity index (χ4n) is 9.08. The van der Waals surface area contributed by atoms with Gasteiger partial charge in [0, 0.05) is 16.7 Å². The van der Waals surface area contributed by atoms with Crippen molar-refractivity contribution in [1.82, 2.24) is 15.0 Å². The Morgan fingerprint density at radius 2 is 0.618 bits per heavy atom. The number of rotatable bonds is 4. The fraction of sp³-hybridized carbons (Fsp3) is 0.0192. The van der Waals surface area contributed by atoms with Crippen LogP contribution in [0.5, 0.6) is 0 Å². The lowest BCUT2D eigenvalue weighted by Gasteiger charge is -2.35. The van der Waals surface area contributed by atoms with Gasteiger partial charge in [-0.05, 0) is 72.8 Å². The Kier molecular flexibility index (Phi) is 7.08. The van der Waals surface area contributed by atoms with Gasteiger partial charge in [0.05, 0.1) is 5.41 Å². The molecule has 0 fully saturated rings. The molecule has 9 aromatic rings. The average molecular weight is 700 g/mol. The first kappa shape index (κ1) is 31.3. The summed E-state index contributed by atoms with van der Waals surface area (Å²) < 4.78 is 0. The third-order valence-corrected chi connectivity index (χ3v) is 11.4. The molecule has 0 radical (unpaired) electrons. The van der Waals surface area contributed by atoms with Crippen LogP contribution in [-0.4, -0.2) is 15.0 Å². The van der Waals surface area contributed by atoms with Gasteiger partial charge in [0.25, 0.3) is 0 Å². The largest absolute Gasteiger partial charge is 0.208 e. The van der Waals surface area contributed by atoms with Crippen molar-refractivity contribution < 1.29 is 0 Å². The second-order valence-corrected chi connectivity index (χ2v) is 14.3. The van der Waals surface area contributed by atoms with Crippen LogP contribution in [0.25, 0.3) is 78.7 Å². The SMILES string of the molecule is c1ccc(-c2nc(-c3ccc4c(c3)C3(c5ccccc5-c5ccccc5-c5ccccc53)c3ccccc3-4)nc(-c3ccccc3-c3ccccc3)n2)cc1. The molecule has 0 unspecified atom stereocenters. The van der Waals surface area contributed by atoms with Crippen molar-refractivity contribution in [3.05, 3.63) is 222 Å². The summed E-state index contributed by atoms with van der Waals surface area (Å²) in [4.78, 5) is 15.7. The van der Waals surface area contributed by atoms with E-state index in [9.17, 15) is 0 Å². The van der Waals surface area contributed by atoms with Crippen molar-refractivity contribution >= 4 is 0 Å². The van der Waals surface area contributed by atoms with E-state index in [1.807, 2.05) is 24.3 Å². The quantitative estimate of drug-likeness (QED) is 0.184. The zero-order valence-electron chi connectivity index (χ0n) is 29.9. The van der Waals surface area contributed by atoms with Crippen molar-refractivity contribution in [2.45, 2.75) is 5.41 Å². The highest BCUT2D eigenvalue weighted by Crippen LogP contribution is 2.61. The maximum absolute atomic E-state index is 5.31. The van der Waals surface area contributed by atoms with Gasteiger partial charge in [0.2, 0.25) is 0 Å². The molecular formula is C52H33N3. The van der Waals surface area contributed by atoms with E-state index < -0.39 is 5.41 Å². The Balaban J connectivity index is 1.20. The molecule has 0 amide bonds. The molecule has 0 bridgehead atoms. The molecule has 1 heterocycles. The van der Waals surface area contributed by atoms with E-state index in [2.05, 4.69) is 176 Å². The normalized spacial score (nSPS) is 12.9. The number of hydrogen-bond donors (Lipinski definition) is 0. The lowest BCUT2D eigenvalue weighted by molar-refractivity contribution is 0.775. The van der Waals surface area contributed by atoms with E-state index in [0.717, 1.165) is 27.8 Å². The summed E-state index contributed by atoms with van der Waals surface area (Å²) in [5.41, 5.74) is 17.0. The van der Waals surface area contributed by atoms with E-state index >= 15 is 0 Å². The lowest BCUT2D eigenvalue weighted by atomic mass is 9.66. The third-order valence-electron chi connectivity index (χ3n) is 11.4. The molecule has 0 aliphatic heterocycles. The van der Waals surface area contributed by atoms with Crippen LogP contribution in [-0.2, 0) is 5.41 Å². The minimum absolute atomic E-state index is 0.591. The maximum Gasteiger partial charge on any atom is 0.164 e. The second-order valence-electron chi connectivity index (χ2n) is 14.3. The van der Waals surface area contributed by atoms with Gasteiger partial charge in [-0.15, -0.1) is 0 Å². The molecule has 2 aliphatic rings. The molecule has 0 atom stereocenters. The van der Waals surface area contributed by atoms with Crippen LogP contribution in [0.3, 0.4) is 0 Å². The van der Waals surface area contributed by atoms with Gasteiger partial charge in [-0.25, -0.2) is 15.0 Å². The Hall–Kier alpha value is -7.23. The summed E-state index contributed by atoms with van der Waals surface area (Å²) in [5.74, 6) is 1.92. The van der Waals surface area contributed by atoms with Crippen LogP contribution in [0.4, 0.5) is 0 Å². The van der Waals surface area contributed by atoms with Crippen LogP contribution >= 0.6 is 0 Å². The summed E-state index contributed by atoms with van der Waals surface area (Å²) in [5, 5.41) is 0. The molecule has 8 aromatic carbocycles. The molecular weight excluding hydrogens is 667 g/mol. The average Bonchev–Trinajstić information content (AvgIpc) is 3.51. The van der Waals surface area contributed by atoms with Crippen LogP contribution in [0, 0.1) is 0 Å². The monoisotopic (exact) mass is 699 g/mol. The second kappa shape index (κ2) is 12.4. The zero-order chi connectivity index (χ0) is 36.3. The first-order valence-corrected chi connectivity index (χ1v) is 18.8. The molecule has 1 aromatic heterocycles. The van der Waals surface area contributed by atoms with Gasteiger partial charge < -0.3 is 0 Å². The zero-order valence-corrected chi connectivity index (χ0v) is 29.9. The highest BCUT2D eigenvalue weighted by atomic mass is 15.0. The highest BCUT2D eigenvalue weighted by Gasteiger charge is 2.49. The molecule has 1 spiro atoms. The number of benzene rings is 8. The predicted molar refractivity (Wildman–Crippen MR) is 223 cm³/mol. The van der Waals surface area contributed by atoms with Crippen molar-refractivity contribution in [2.75, 3.05) is 0 Å². The maximum atomic E-state index is 5.31. The Morgan fingerprint density at radius 3 is 1.18 bits per heavy atom. The highest BCUT2D eigenvalue weighted by molar-refractivity contribution is 5.97. The number of aromatic nitrogens is 3. The van der Waals surface area contributed by atoms with Crippen molar-refractivity contribution in [3.8, 4) is 78.7 Å². The van der Waals surface area contributed by atoms with E-state index in [-0.39, 0.29) is 0 Å². The summed E-state index contributed by atoms with van der Waals surface area (Å²) in [6, 6.07) is 71.7. The first-order chi connectivity index (χ1) is 27.3. The molecule has 0 saturated carbocycles. The summed E-state index contributed by atoms with van der Waals surface area (Å²) in [7, 11) is 0. The molecule has 0 N–H and O–H groups in total. The van der Waals surface area contributed by atoms with Crippen molar-refractivity contribution in [2.24, 2.45) is 0 Å². The number of hydrogen-bond acceptors (Lipinski definition) is 3. The van der Waals surface area contributed by atoms with Crippen LogP contribution in [0.15, 0.2) is 200 Å². The minimum atomic E-state index is -0.591. The topological polar surface area (TPSA) is 38.7 Å². The first-order valence-electron chi connectivity index (χ1n) is 18.8.